The quantitative estimate of drug-likeness (QED) is 0.605. The van der Waals surface area contributed by atoms with E-state index in [1.807, 2.05) is 6.07 Å². The number of Topliss-reactive ketones (excluding diaryl/α,β-unsaturated/α-hetero) is 1. The molecule has 0 heterocycles. The second kappa shape index (κ2) is 6.72. The molecular formula is C17H24O. The molecule has 2 atom stereocenters. The van der Waals surface area contributed by atoms with Gasteiger partial charge >= 0.3 is 0 Å². The lowest BCUT2D eigenvalue weighted by atomic mass is 10.0. The van der Waals surface area contributed by atoms with Crippen molar-refractivity contribution in [3.05, 3.63) is 35.9 Å². The second-order valence-corrected chi connectivity index (χ2v) is 5.49. The zero-order valence-corrected chi connectivity index (χ0v) is 11.4. The Morgan fingerprint density at radius 2 is 1.83 bits per heavy atom. The Balaban J connectivity index is 1.67. The van der Waals surface area contributed by atoms with Gasteiger partial charge in [0.1, 0.15) is 5.78 Å². The van der Waals surface area contributed by atoms with Crippen molar-refractivity contribution < 1.29 is 4.79 Å². The lowest BCUT2D eigenvalue weighted by Crippen LogP contribution is -2.02. The van der Waals surface area contributed by atoms with Crippen LogP contribution in [0, 0.1) is 5.92 Å². The molecule has 0 spiro atoms. The van der Waals surface area contributed by atoms with E-state index in [-0.39, 0.29) is 0 Å². The van der Waals surface area contributed by atoms with E-state index < -0.39 is 0 Å². The van der Waals surface area contributed by atoms with Crippen molar-refractivity contribution in [2.45, 2.75) is 57.8 Å². The van der Waals surface area contributed by atoms with Crippen LogP contribution in [0.15, 0.2) is 30.3 Å². The SMILES string of the molecule is CCCCCCCC(=O)C1CC1c1ccccc1. The fraction of sp³-hybridized carbons (Fsp3) is 0.588. The highest BCUT2D eigenvalue weighted by Crippen LogP contribution is 2.48. The molecule has 18 heavy (non-hydrogen) atoms. The Morgan fingerprint density at radius 1 is 1.11 bits per heavy atom. The summed E-state index contributed by atoms with van der Waals surface area (Å²) < 4.78 is 0. The van der Waals surface area contributed by atoms with Crippen molar-refractivity contribution in [1.82, 2.24) is 0 Å². The van der Waals surface area contributed by atoms with E-state index in [1.54, 1.807) is 0 Å². The van der Waals surface area contributed by atoms with Crippen molar-refractivity contribution in [1.29, 1.82) is 0 Å². The van der Waals surface area contributed by atoms with Crippen molar-refractivity contribution >= 4 is 5.78 Å². The lowest BCUT2D eigenvalue weighted by molar-refractivity contribution is -0.120. The first-order valence-electron chi connectivity index (χ1n) is 7.40. The summed E-state index contributed by atoms with van der Waals surface area (Å²) in [6.07, 6.45) is 8.07. The van der Waals surface area contributed by atoms with Gasteiger partial charge in [0.25, 0.3) is 0 Å². The maximum absolute atomic E-state index is 12.0. The van der Waals surface area contributed by atoms with Gasteiger partial charge in [-0.15, -0.1) is 0 Å². The standard InChI is InChI=1S/C17H24O/c1-2-3-4-5-9-12-17(18)16-13-15(16)14-10-7-6-8-11-14/h6-8,10-11,15-16H,2-5,9,12-13H2,1H3. The van der Waals surface area contributed by atoms with Gasteiger partial charge in [0.05, 0.1) is 0 Å². The molecule has 1 aromatic carbocycles. The maximum Gasteiger partial charge on any atom is 0.136 e. The number of unbranched alkanes of at least 4 members (excludes halogenated alkanes) is 4. The van der Waals surface area contributed by atoms with Crippen LogP contribution in [0.25, 0.3) is 0 Å². The number of rotatable bonds is 8. The summed E-state index contributed by atoms with van der Waals surface area (Å²) in [4.78, 5) is 12.0. The van der Waals surface area contributed by atoms with Crippen LogP contribution >= 0.6 is 0 Å². The molecule has 1 aliphatic carbocycles. The van der Waals surface area contributed by atoms with Crippen LogP contribution in [-0.2, 0) is 4.79 Å². The summed E-state index contributed by atoms with van der Waals surface area (Å²) in [5, 5.41) is 0. The normalized spacial score (nSPS) is 21.8. The highest BCUT2D eigenvalue weighted by molar-refractivity contribution is 5.84. The maximum atomic E-state index is 12.0. The van der Waals surface area contributed by atoms with Crippen LogP contribution in [0.3, 0.4) is 0 Å². The minimum absolute atomic E-state index is 0.332. The summed E-state index contributed by atoms with van der Waals surface area (Å²) >= 11 is 0. The third-order valence-electron chi connectivity index (χ3n) is 3.96. The largest absolute Gasteiger partial charge is 0.299 e. The van der Waals surface area contributed by atoms with Gasteiger partial charge in [-0.05, 0) is 24.3 Å². The van der Waals surface area contributed by atoms with Crippen molar-refractivity contribution in [2.24, 2.45) is 5.92 Å². The lowest BCUT2D eigenvalue weighted by Gasteiger charge is -2.01. The van der Waals surface area contributed by atoms with E-state index in [1.165, 1.54) is 31.2 Å². The first-order valence-corrected chi connectivity index (χ1v) is 7.40. The number of hydrogen-bond donors (Lipinski definition) is 0. The van der Waals surface area contributed by atoms with E-state index >= 15 is 0 Å². The van der Waals surface area contributed by atoms with Crippen LogP contribution in [0.5, 0.6) is 0 Å². The summed E-state index contributed by atoms with van der Waals surface area (Å²) in [5.74, 6) is 1.35. The highest BCUT2D eigenvalue weighted by atomic mass is 16.1. The molecule has 0 radical (unpaired) electrons. The van der Waals surface area contributed by atoms with Gasteiger partial charge in [0.15, 0.2) is 0 Å². The second-order valence-electron chi connectivity index (χ2n) is 5.49. The van der Waals surface area contributed by atoms with E-state index in [0.717, 1.165) is 19.3 Å². The van der Waals surface area contributed by atoms with E-state index in [2.05, 4.69) is 31.2 Å². The predicted octanol–water partition coefficient (Wildman–Crippen LogP) is 4.72. The third kappa shape index (κ3) is 3.69. The Bertz CT molecular complexity index is 368. The molecule has 0 amide bonds. The molecule has 0 aromatic heterocycles. The summed E-state index contributed by atoms with van der Waals surface area (Å²) in [6.45, 7) is 2.22. The fourth-order valence-corrected chi connectivity index (χ4v) is 2.71. The molecule has 1 fully saturated rings. The molecule has 0 saturated heterocycles. The number of hydrogen-bond acceptors (Lipinski definition) is 1. The predicted molar refractivity (Wildman–Crippen MR) is 75.7 cm³/mol. The molecule has 2 rings (SSSR count). The van der Waals surface area contributed by atoms with Gasteiger partial charge in [-0.3, -0.25) is 4.79 Å². The molecule has 0 bridgehead atoms. The minimum atomic E-state index is 0.332. The topological polar surface area (TPSA) is 17.1 Å². The molecular weight excluding hydrogens is 220 g/mol. The number of ketones is 1. The molecule has 1 heteroatoms. The summed E-state index contributed by atoms with van der Waals surface area (Å²) in [5.41, 5.74) is 1.35. The Hall–Kier alpha value is -1.11. The van der Waals surface area contributed by atoms with Gasteiger partial charge in [-0.25, -0.2) is 0 Å². The van der Waals surface area contributed by atoms with Crippen molar-refractivity contribution in [3.8, 4) is 0 Å². The summed E-state index contributed by atoms with van der Waals surface area (Å²) in [6, 6.07) is 10.5. The van der Waals surface area contributed by atoms with Gasteiger partial charge in [0, 0.05) is 12.3 Å². The smallest absolute Gasteiger partial charge is 0.136 e. The Morgan fingerprint density at radius 3 is 2.56 bits per heavy atom. The first-order chi connectivity index (χ1) is 8.83. The molecule has 2 unspecified atom stereocenters. The monoisotopic (exact) mass is 244 g/mol. The molecule has 1 saturated carbocycles. The zero-order valence-electron chi connectivity index (χ0n) is 11.4. The van der Waals surface area contributed by atoms with Crippen LogP contribution in [0.2, 0.25) is 0 Å². The first kappa shape index (κ1) is 13.3. The van der Waals surface area contributed by atoms with Gasteiger partial charge in [0.2, 0.25) is 0 Å². The highest BCUT2D eigenvalue weighted by Gasteiger charge is 2.42. The van der Waals surface area contributed by atoms with Crippen molar-refractivity contribution in [2.75, 3.05) is 0 Å². The molecule has 0 N–H and O–H groups in total. The number of benzene rings is 1. The molecule has 1 aromatic rings. The van der Waals surface area contributed by atoms with Gasteiger partial charge < -0.3 is 0 Å². The van der Waals surface area contributed by atoms with Gasteiger partial charge in [-0.2, -0.15) is 0 Å². The van der Waals surface area contributed by atoms with E-state index in [9.17, 15) is 4.79 Å². The number of carbonyl (C=O) groups is 1. The molecule has 1 nitrogen and oxygen atoms in total. The fourth-order valence-electron chi connectivity index (χ4n) is 2.71. The van der Waals surface area contributed by atoms with Crippen molar-refractivity contribution in [3.63, 3.8) is 0 Å². The number of carbonyl (C=O) groups excluding carboxylic acids is 1. The Labute approximate surface area is 111 Å². The third-order valence-corrected chi connectivity index (χ3v) is 3.96. The van der Waals surface area contributed by atoms with Crippen LogP contribution in [0.4, 0.5) is 0 Å². The Kier molecular flexibility index (Phi) is 4.98. The van der Waals surface area contributed by atoms with Crippen LogP contribution in [-0.4, -0.2) is 5.78 Å². The minimum Gasteiger partial charge on any atom is -0.299 e. The zero-order chi connectivity index (χ0) is 12.8. The van der Waals surface area contributed by atoms with Crippen LogP contribution in [0.1, 0.15) is 63.4 Å². The molecule has 98 valence electrons. The average Bonchev–Trinajstić information content (AvgIpc) is 3.20. The van der Waals surface area contributed by atoms with E-state index in [4.69, 9.17) is 0 Å². The average molecular weight is 244 g/mol. The van der Waals surface area contributed by atoms with E-state index in [0.29, 0.717) is 17.6 Å². The summed E-state index contributed by atoms with van der Waals surface area (Å²) in [7, 11) is 0. The molecule has 1 aliphatic rings. The van der Waals surface area contributed by atoms with Crippen LogP contribution < -0.4 is 0 Å². The molecule has 0 aliphatic heterocycles. The van der Waals surface area contributed by atoms with Gasteiger partial charge in [-0.1, -0.05) is 62.9 Å².